The van der Waals surface area contributed by atoms with Crippen molar-refractivity contribution in [3.8, 4) is 5.75 Å². The Morgan fingerprint density at radius 2 is 2.00 bits per heavy atom. The molecule has 0 bridgehead atoms. The third-order valence-corrected chi connectivity index (χ3v) is 6.64. The van der Waals surface area contributed by atoms with E-state index in [0.717, 1.165) is 31.1 Å². The van der Waals surface area contributed by atoms with Crippen LogP contribution in [0, 0.1) is 5.92 Å². The van der Waals surface area contributed by atoms with Gasteiger partial charge in [0.2, 0.25) is 0 Å². The average molecular weight is 467 g/mol. The molecule has 1 aliphatic rings. The van der Waals surface area contributed by atoms with Crippen LogP contribution >= 0.6 is 0 Å². The maximum absolute atomic E-state index is 10.8. The van der Waals surface area contributed by atoms with Gasteiger partial charge in [0.15, 0.2) is 0 Å². The number of ether oxygens (including phenoxy) is 2. The van der Waals surface area contributed by atoms with E-state index in [-0.39, 0.29) is 0 Å². The van der Waals surface area contributed by atoms with Gasteiger partial charge in [-0.1, -0.05) is 31.4 Å². The molecule has 184 valence electrons. The first kappa shape index (κ1) is 24.6. The number of methoxy groups -OCH3 is 1. The van der Waals surface area contributed by atoms with Gasteiger partial charge < -0.3 is 23.6 Å². The fraction of sp³-hybridized carbons (Fsp3) is 0.500. The number of nitrogens with zero attached hydrogens (tertiary/aromatic N) is 2. The van der Waals surface area contributed by atoms with Crippen molar-refractivity contribution in [2.45, 2.75) is 57.9 Å². The van der Waals surface area contributed by atoms with Crippen LogP contribution in [0.2, 0.25) is 0 Å². The summed E-state index contributed by atoms with van der Waals surface area (Å²) in [7, 11) is 1.70. The molecule has 1 aromatic carbocycles. The van der Waals surface area contributed by atoms with E-state index in [1.54, 1.807) is 13.4 Å². The summed E-state index contributed by atoms with van der Waals surface area (Å²) < 4.78 is 18.7. The van der Waals surface area contributed by atoms with E-state index in [2.05, 4.69) is 39.9 Å². The molecule has 0 spiro atoms. The summed E-state index contributed by atoms with van der Waals surface area (Å²) in [5, 5.41) is 10.8. The minimum atomic E-state index is -0.541. The fourth-order valence-electron chi connectivity index (χ4n) is 4.92. The Labute approximate surface area is 203 Å². The van der Waals surface area contributed by atoms with Gasteiger partial charge in [-0.15, -0.1) is 0 Å². The standard InChI is InChI=1S/C28H38N2O4/c1-32-27-12-5-10-24(16-27)18-30-14-6-11-25(30)19-29(17-23-8-3-2-4-9-23)20-26(31)21-33-22-28-13-7-15-34-28/h5-7,10-16,23,26,31H,2-4,8-9,17-22H2,1H3. The Morgan fingerprint density at radius 3 is 2.79 bits per heavy atom. The van der Waals surface area contributed by atoms with Crippen LogP contribution in [0.15, 0.2) is 65.4 Å². The molecule has 3 aromatic rings. The predicted octanol–water partition coefficient (Wildman–Crippen LogP) is 5.10. The Balaban J connectivity index is 1.38. The zero-order valence-electron chi connectivity index (χ0n) is 20.3. The molecule has 0 amide bonds. The van der Waals surface area contributed by atoms with Crippen molar-refractivity contribution in [3.05, 3.63) is 78.0 Å². The van der Waals surface area contributed by atoms with Crippen LogP contribution in [-0.4, -0.2) is 47.5 Å². The van der Waals surface area contributed by atoms with Gasteiger partial charge in [-0.2, -0.15) is 0 Å². The van der Waals surface area contributed by atoms with Crippen molar-refractivity contribution in [2.75, 3.05) is 26.8 Å². The first-order valence-corrected chi connectivity index (χ1v) is 12.5. The molecule has 1 saturated carbocycles. The predicted molar refractivity (Wildman–Crippen MR) is 133 cm³/mol. The Kier molecular flexibility index (Phi) is 9.25. The van der Waals surface area contributed by atoms with Crippen molar-refractivity contribution >= 4 is 0 Å². The highest BCUT2D eigenvalue weighted by Crippen LogP contribution is 2.25. The highest BCUT2D eigenvalue weighted by Gasteiger charge is 2.21. The third-order valence-electron chi connectivity index (χ3n) is 6.64. The lowest BCUT2D eigenvalue weighted by Gasteiger charge is -2.31. The van der Waals surface area contributed by atoms with Gasteiger partial charge in [0, 0.05) is 38.1 Å². The second-order valence-corrected chi connectivity index (χ2v) is 9.43. The largest absolute Gasteiger partial charge is 0.497 e. The Hall–Kier alpha value is -2.54. The minimum Gasteiger partial charge on any atom is -0.497 e. The number of aliphatic hydroxyl groups is 1. The van der Waals surface area contributed by atoms with Crippen LogP contribution < -0.4 is 4.74 Å². The number of benzene rings is 1. The van der Waals surface area contributed by atoms with E-state index < -0.39 is 6.10 Å². The van der Waals surface area contributed by atoms with E-state index in [1.165, 1.54) is 43.4 Å². The number of rotatable bonds is 13. The first-order valence-electron chi connectivity index (χ1n) is 12.5. The number of furan rings is 1. The van der Waals surface area contributed by atoms with E-state index in [4.69, 9.17) is 13.9 Å². The Morgan fingerprint density at radius 1 is 1.12 bits per heavy atom. The van der Waals surface area contributed by atoms with Gasteiger partial charge in [0.05, 0.1) is 26.1 Å². The Bertz CT molecular complexity index is 962. The van der Waals surface area contributed by atoms with Gasteiger partial charge in [-0.3, -0.25) is 4.90 Å². The maximum Gasteiger partial charge on any atom is 0.129 e. The smallest absolute Gasteiger partial charge is 0.129 e. The van der Waals surface area contributed by atoms with Gasteiger partial charge in [-0.25, -0.2) is 0 Å². The first-order chi connectivity index (χ1) is 16.7. The molecule has 0 aliphatic heterocycles. The second kappa shape index (κ2) is 12.8. The maximum atomic E-state index is 10.8. The van der Waals surface area contributed by atoms with Crippen LogP contribution in [0.5, 0.6) is 5.75 Å². The molecule has 0 radical (unpaired) electrons. The SMILES string of the molecule is COc1cccc(Cn2cccc2CN(CC(O)COCc2ccco2)CC2CCCCC2)c1. The zero-order chi connectivity index (χ0) is 23.6. The molecule has 1 atom stereocenters. The van der Waals surface area contributed by atoms with Crippen molar-refractivity contribution in [1.29, 1.82) is 0 Å². The van der Waals surface area contributed by atoms with Crippen LogP contribution in [0.4, 0.5) is 0 Å². The summed E-state index contributed by atoms with van der Waals surface area (Å²) in [5.74, 6) is 2.36. The highest BCUT2D eigenvalue weighted by molar-refractivity contribution is 5.29. The molecule has 1 N–H and O–H groups in total. The summed E-state index contributed by atoms with van der Waals surface area (Å²) in [6.45, 7) is 3.90. The number of hydrogen-bond donors (Lipinski definition) is 1. The number of aromatic nitrogens is 1. The fourth-order valence-corrected chi connectivity index (χ4v) is 4.92. The molecule has 34 heavy (non-hydrogen) atoms. The van der Waals surface area contributed by atoms with Gasteiger partial charge in [0.25, 0.3) is 0 Å². The molecule has 1 aliphatic carbocycles. The van der Waals surface area contributed by atoms with E-state index in [0.29, 0.717) is 25.7 Å². The molecule has 2 aromatic heterocycles. The molecular weight excluding hydrogens is 428 g/mol. The summed E-state index contributed by atoms with van der Waals surface area (Å²) in [6.07, 6.45) is 9.79. The summed E-state index contributed by atoms with van der Waals surface area (Å²) in [6, 6.07) is 16.3. The lowest BCUT2D eigenvalue weighted by molar-refractivity contribution is 0.000333. The average Bonchev–Trinajstić information content (AvgIpc) is 3.52. The number of aliphatic hydroxyl groups excluding tert-OH is 1. The molecule has 6 nitrogen and oxygen atoms in total. The van der Waals surface area contributed by atoms with Crippen LogP contribution in [-0.2, 0) is 24.4 Å². The molecule has 6 heteroatoms. The van der Waals surface area contributed by atoms with Gasteiger partial charge in [0.1, 0.15) is 18.1 Å². The molecule has 1 fully saturated rings. The molecule has 2 heterocycles. The van der Waals surface area contributed by atoms with Crippen molar-refractivity contribution in [3.63, 3.8) is 0 Å². The van der Waals surface area contributed by atoms with E-state index in [9.17, 15) is 5.11 Å². The molecule has 0 saturated heterocycles. The van der Waals surface area contributed by atoms with Crippen LogP contribution in [0.25, 0.3) is 0 Å². The summed E-state index contributed by atoms with van der Waals surface area (Å²) in [5.41, 5.74) is 2.46. The highest BCUT2D eigenvalue weighted by atomic mass is 16.5. The van der Waals surface area contributed by atoms with Crippen molar-refractivity contribution < 1.29 is 19.0 Å². The second-order valence-electron chi connectivity index (χ2n) is 9.43. The summed E-state index contributed by atoms with van der Waals surface area (Å²) >= 11 is 0. The van der Waals surface area contributed by atoms with Crippen LogP contribution in [0.1, 0.15) is 49.1 Å². The van der Waals surface area contributed by atoms with Crippen molar-refractivity contribution in [1.82, 2.24) is 9.47 Å². The lowest BCUT2D eigenvalue weighted by atomic mass is 9.89. The molecular formula is C28H38N2O4. The van der Waals surface area contributed by atoms with Gasteiger partial charge in [-0.05, 0) is 60.7 Å². The van der Waals surface area contributed by atoms with E-state index >= 15 is 0 Å². The van der Waals surface area contributed by atoms with Crippen molar-refractivity contribution in [2.24, 2.45) is 5.92 Å². The normalized spacial score (nSPS) is 15.6. The third kappa shape index (κ3) is 7.49. The molecule has 1 unspecified atom stereocenters. The monoisotopic (exact) mass is 466 g/mol. The van der Waals surface area contributed by atoms with E-state index in [1.807, 2.05) is 24.3 Å². The molecule has 4 rings (SSSR count). The topological polar surface area (TPSA) is 60.0 Å². The van der Waals surface area contributed by atoms with Gasteiger partial charge >= 0.3 is 0 Å². The quantitative estimate of drug-likeness (QED) is 0.380. The summed E-state index contributed by atoms with van der Waals surface area (Å²) in [4.78, 5) is 2.41. The lowest BCUT2D eigenvalue weighted by Crippen LogP contribution is -2.38. The zero-order valence-corrected chi connectivity index (χ0v) is 20.3. The number of hydrogen-bond acceptors (Lipinski definition) is 5. The van der Waals surface area contributed by atoms with Crippen LogP contribution in [0.3, 0.4) is 0 Å². The minimum absolute atomic E-state index is 0.298.